The molecule has 0 fully saturated rings. The number of rotatable bonds is 4. The third-order valence-corrected chi connectivity index (χ3v) is 6.16. The molecule has 0 aliphatic heterocycles. The number of hydrazine groups is 1. The van der Waals surface area contributed by atoms with E-state index in [-0.39, 0.29) is 5.41 Å². The summed E-state index contributed by atoms with van der Waals surface area (Å²) >= 11 is 1.66. The fraction of sp³-hybridized carbons (Fsp3) is 0.421. The summed E-state index contributed by atoms with van der Waals surface area (Å²) in [6.07, 6.45) is 2.93. The molecule has 5 heteroatoms. The number of thiophene rings is 1. The Kier molecular flexibility index (Phi) is 4.51. The van der Waals surface area contributed by atoms with Crippen molar-refractivity contribution in [1.29, 1.82) is 0 Å². The second-order valence-corrected chi connectivity index (χ2v) is 8.49. The molecule has 1 aromatic heterocycles. The van der Waals surface area contributed by atoms with Crippen LogP contribution in [0.2, 0.25) is 0 Å². The van der Waals surface area contributed by atoms with E-state index in [0.29, 0.717) is 12.1 Å². The van der Waals surface area contributed by atoms with Gasteiger partial charge in [-0.15, -0.1) is 11.3 Å². The lowest BCUT2D eigenvalue weighted by molar-refractivity contribution is 0.0696. The summed E-state index contributed by atoms with van der Waals surface area (Å²) in [6.45, 7) is 7.07. The molecule has 1 aromatic carbocycles. The van der Waals surface area contributed by atoms with Gasteiger partial charge in [-0.1, -0.05) is 32.0 Å². The molecule has 4 N–H and O–H groups in total. The van der Waals surface area contributed by atoms with Crippen molar-refractivity contribution < 1.29 is 9.90 Å². The van der Waals surface area contributed by atoms with Crippen molar-refractivity contribution in [2.24, 2.45) is 11.3 Å². The van der Waals surface area contributed by atoms with Crippen LogP contribution in [0.5, 0.6) is 0 Å². The number of fused-ring (bicyclic) bond motifs is 1. The smallest absolute Gasteiger partial charge is 0.337 e. The standard InChI is InChI=1S/C19H24N2O2S/c1-11-8-12(10-21-20)4-5-13(11)17-16(18(22)23)14-9-19(2,3)7-6-15(14)24-17/h4-5,8,21H,6-7,9-10,20H2,1-3H3,(H,22,23). The predicted octanol–water partition coefficient (Wildman–Crippen LogP) is 3.90. The van der Waals surface area contributed by atoms with Crippen molar-refractivity contribution >= 4 is 17.3 Å². The first-order valence-electron chi connectivity index (χ1n) is 8.23. The highest BCUT2D eigenvalue weighted by Gasteiger charge is 2.33. The van der Waals surface area contributed by atoms with Gasteiger partial charge in [-0.05, 0) is 53.9 Å². The number of nitrogens with one attached hydrogen (secondary N) is 1. The number of carboxylic acid groups (broad SMARTS) is 1. The molecule has 0 spiro atoms. The Morgan fingerprint density at radius 3 is 2.79 bits per heavy atom. The van der Waals surface area contributed by atoms with Crippen LogP contribution in [-0.4, -0.2) is 11.1 Å². The van der Waals surface area contributed by atoms with Gasteiger partial charge in [-0.3, -0.25) is 11.3 Å². The van der Waals surface area contributed by atoms with Crippen molar-refractivity contribution in [1.82, 2.24) is 5.43 Å². The van der Waals surface area contributed by atoms with Gasteiger partial charge in [0.1, 0.15) is 0 Å². The number of hydrogen-bond donors (Lipinski definition) is 3. The van der Waals surface area contributed by atoms with Crippen LogP contribution in [0.1, 0.15) is 52.2 Å². The van der Waals surface area contributed by atoms with Crippen molar-refractivity contribution in [2.75, 3.05) is 0 Å². The third-order valence-electron chi connectivity index (χ3n) is 4.83. The van der Waals surface area contributed by atoms with E-state index in [0.717, 1.165) is 46.4 Å². The molecule has 0 bridgehead atoms. The number of nitrogens with two attached hydrogens (primary N) is 1. The average molecular weight is 344 g/mol. The summed E-state index contributed by atoms with van der Waals surface area (Å²) in [7, 11) is 0. The summed E-state index contributed by atoms with van der Waals surface area (Å²) in [4.78, 5) is 14.1. The van der Waals surface area contributed by atoms with E-state index in [1.54, 1.807) is 11.3 Å². The van der Waals surface area contributed by atoms with Crippen LogP contribution in [0.3, 0.4) is 0 Å². The minimum absolute atomic E-state index is 0.168. The predicted molar refractivity (Wildman–Crippen MR) is 98.3 cm³/mol. The topological polar surface area (TPSA) is 75.3 Å². The van der Waals surface area contributed by atoms with Crippen LogP contribution in [0.25, 0.3) is 10.4 Å². The van der Waals surface area contributed by atoms with Gasteiger partial charge in [0.05, 0.1) is 5.56 Å². The number of benzene rings is 1. The minimum Gasteiger partial charge on any atom is -0.478 e. The van der Waals surface area contributed by atoms with Gasteiger partial charge in [0.15, 0.2) is 0 Å². The van der Waals surface area contributed by atoms with Gasteiger partial charge >= 0.3 is 5.97 Å². The number of carboxylic acids is 1. The quantitative estimate of drug-likeness (QED) is 0.581. The van der Waals surface area contributed by atoms with E-state index < -0.39 is 5.97 Å². The molecule has 128 valence electrons. The SMILES string of the molecule is Cc1cc(CNN)ccc1-c1sc2c(c1C(=O)O)CC(C)(C)CC2. The van der Waals surface area contributed by atoms with E-state index in [4.69, 9.17) is 5.84 Å². The van der Waals surface area contributed by atoms with Crippen LogP contribution in [-0.2, 0) is 19.4 Å². The molecule has 0 unspecified atom stereocenters. The highest BCUT2D eigenvalue weighted by atomic mass is 32.1. The monoisotopic (exact) mass is 344 g/mol. The number of aryl methyl sites for hydroxylation is 2. The maximum atomic E-state index is 12.0. The number of carbonyl (C=O) groups is 1. The molecule has 0 radical (unpaired) electrons. The van der Waals surface area contributed by atoms with Crippen molar-refractivity contribution in [3.8, 4) is 10.4 Å². The maximum Gasteiger partial charge on any atom is 0.337 e. The van der Waals surface area contributed by atoms with Crippen molar-refractivity contribution in [3.63, 3.8) is 0 Å². The molecule has 3 rings (SSSR count). The summed E-state index contributed by atoms with van der Waals surface area (Å²) < 4.78 is 0. The maximum absolute atomic E-state index is 12.0. The lowest BCUT2D eigenvalue weighted by Crippen LogP contribution is -2.22. The summed E-state index contributed by atoms with van der Waals surface area (Å²) in [5.41, 5.74) is 7.58. The molecule has 0 atom stereocenters. The van der Waals surface area contributed by atoms with Gasteiger partial charge in [0, 0.05) is 16.3 Å². The van der Waals surface area contributed by atoms with Gasteiger partial charge in [-0.2, -0.15) is 0 Å². The van der Waals surface area contributed by atoms with Crippen molar-refractivity contribution in [2.45, 2.75) is 46.6 Å². The first-order valence-corrected chi connectivity index (χ1v) is 9.05. The number of aromatic carboxylic acids is 1. The Balaban J connectivity index is 2.12. The molecular weight excluding hydrogens is 320 g/mol. The van der Waals surface area contributed by atoms with Crippen LogP contribution in [0.4, 0.5) is 0 Å². The summed E-state index contributed by atoms with van der Waals surface area (Å²) in [5.74, 6) is 4.58. The van der Waals surface area contributed by atoms with E-state index in [2.05, 4.69) is 25.3 Å². The summed E-state index contributed by atoms with van der Waals surface area (Å²) in [6, 6.07) is 6.11. The van der Waals surface area contributed by atoms with E-state index >= 15 is 0 Å². The second-order valence-electron chi connectivity index (χ2n) is 7.38. The molecule has 0 amide bonds. The molecule has 2 aromatic rings. The Labute approximate surface area is 146 Å². The fourth-order valence-electron chi connectivity index (χ4n) is 3.54. The Morgan fingerprint density at radius 2 is 2.17 bits per heavy atom. The van der Waals surface area contributed by atoms with Crippen molar-refractivity contribution in [3.05, 3.63) is 45.3 Å². The zero-order chi connectivity index (χ0) is 17.5. The van der Waals surface area contributed by atoms with E-state index in [1.807, 2.05) is 19.1 Å². The minimum atomic E-state index is -0.813. The molecule has 0 saturated heterocycles. The Morgan fingerprint density at radius 1 is 1.42 bits per heavy atom. The average Bonchev–Trinajstić information content (AvgIpc) is 2.84. The molecule has 24 heavy (non-hydrogen) atoms. The largest absolute Gasteiger partial charge is 0.478 e. The second kappa shape index (κ2) is 6.31. The summed E-state index contributed by atoms with van der Waals surface area (Å²) in [5, 5.41) is 9.85. The zero-order valence-corrected chi connectivity index (χ0v) is 15.2. The van der Waals surface area contributed by atoms with Gasteiger partial charge in [-0.25, -0.2) is 4.79 Å². The highest BCUT2D eigenvalue weighted by Crippen LogP contribution is 2.45. The lowest BCUT2D eigenvalue weighted by Gasteiger charge is -2.29. The lowest BCUT2D eigenvalue weighted by atomic mass is 9.76. The normalized spacial score (nSPS) is 16.0. The van der Waals surface area contributed by atoms with Crippen LogP contribution < -0.4 is 11.3 Å². The number of hydrogen-bond acceptors (Lipinski definition) is 4. The molecule has 0 saturated carbocycles. The third kappa shape index (κ3) is 3.11. The molecule has 4 nitrogen and oxygen atoms in total. The van der Waals surface area contributed by atoms with E-state index in [1.165, 1.54) is 4.88 Å². The Bertz CT molecular complexity index is 793. The first kappa shape index (κ1) is 17.1. The highest BCUT2D eigenvalue weighted by molar-refractivity contribution is 7.16. The van der Waals surface area contributed by atoms with Gasteiger partial charge in [0.25, 0.3) is 0 Å². The fourth-order valence-corrected chi connectivity index (χ4v) is 4.94. The Hall–Kier alpha value is -1.69. The molecule has 1 heterocycles. The van der Waals surface area contributed by atoms with Gasteiger partial charge < -0.3 is 5.11 Å². The molecular formula is C19H24N2O2S. The van der Waals surface area contributed by atoms with E-state index in [9.17, 15) is 9.90 Å². The zero-order valence-electron chi connectivity index (χ0n) is 14.4. The first-order chi connectivity index (χ1) is 11.3. The van der Waals surface area contributed by atoms with Gasteiger partial charge in [0.2, 0.25) is 0 Å². The molecule has 1 aliphatic carbocycles. The van der Waals surface area contributed by atoms with Crippen LogP contribution in [0.15, 0.2) is 18.2 Å². The molecule has 1 aliphatic rings. The van der Waals surface area contributed by atoms with Crippen LogP contribution in [0, 0.1) is 12.3 Å². The van der Waals surface area contributed by atoms with Crippen LogP contribution >= 0.6 is 11.3 Å².